The average Bonchev–Trinajstić information content (AvgIpc) is 2.41. The van der Waals surface area contributed by atoms with Crippen molar-refractivity contribution in [1.82, 2.24) is 10.0 Å². The van der Waals surface area contributed by atoms with Gasteiger partial charge in [0, 0.05) is 19.3 Å². The number of benzene rings is 1. The third kappa shape index (κ3) is 3.95. The molecule has 0 bridgehead atoms. The number of rotatable bonds is 5. The summed E-state index contributed by atoms with van der Waals surface area (Å²) in [5, 5.41) is 2.51. The number of nitrogen functional groups attached to an aromatic ring is 1. The van der Waals surface area contributed by atoms with Crippen LogP contribution in [0.3, 0.4) is 0 Å². The van der Waals surface area contributed by atoms with Crippen LogP contribution in [0.4, 0.5) is 5.69 Å². The predicted octanol–water partition coefficient (Wildman–Crippen LogP) is 0.936. The van der Waals surface area contributed by atoms with Crippen LogP contribution in [0.2, 0.25) is 0 Å². The molecule has 7 heteroatoms. The number of nitrogens with two attached hydrogens (primary N) is 1. The highest BCUT2D eigenvalue weighted by molar-refractivity contribution is 7.89. The van der Waals surface area contributed by atoms with Crippen molar-refractivity contribution < 1.29 is 13.2 Å². The second-order valence-electron chi connectivity index (χ2n) is 5.74. The Labute approximate surface area is 126 Å². The molecule has 1 rings (SSSR count). The molecule has 0 aliphatic rings. The van der Waals surface area contributed by atoms with Crippen LogP contribution in [-0.2, 0) is 14.8 Å². The second kappa shape index (κ2) is 6.03. The van der Waals surface area contributed by atoms with Crippen LogP contribution in [0.5, 0.6) is 0 Å². The van der Waals surface area contributed by atoms with Gasteiger partial charge in [-0.1, -0.05) is 0 Å². The van der Waals surface area contributed by atoms with E-state index in [2.05, 4.69) is 10.0 Å². The quantitative estimate of drug-likeness (QED) is 0.704. The summed E-state index contributed by atoms with van der Waals surface area (Å²) in [6.07, 6.45) is 0. The van der Waals surface area contributed by atoms with Gasteiger partial charge in [0.05, 0.1) is 10.3 Å². The van der Waals surface area contributed by atoms with Crippen LogP contribution >= 0.6 is 0 Å². The number of carbonyl (C=O) groups is 1. The lowest BCUT2D eigenvalue weighted by Crippen LogP contribution is -2.43. The Morgan fingerprint density at radius 1 is 1.29 bits per heavy atom. The van der Waals surface area contributed by atoms with Gasteiger partial charge >= 0.3 is 0 Å². The van der Waals surface area contributed by atoms with Crippen molar-refractivity contribution in [1.29, 1.82) is 0 Å². The average molecular weight is 313 g/mol. The van der Waals surface area contributed by atoms with Crippen molar-refractivity contribution in [2.45, 2.75) is 32.6 Å². The molecule has 0 heterocycles. The third-order valence-corrected chi connectivity index (χ3v) is 4.92. The summed E-state index contributed by atoms with van der Waals surface area (Å²) in [5.41, 5.74) is 7.07. The molecule has 0 saturated heterocycles. The monoisotopic (exact) mass is 313 g/mol. The highest BCUT2D eigenvalue weighted by Crippen LogP contribution is 2.22. The molecule has 0 atom stereocenters. The number of hydrogen-bond acceptors (Lipinski definition) is 4. The second-order valence-corrected chi connectivity index (χ2v) is 7.51. The Balaban J connectivity index is 3.01. The molecule has 6 nitrogen and oxygen atoms in total. The van der Waals surface area contributed by atoms with Gasteiger partial charge in [0.2, 0.25) is 15.9 Å². The number of nitrogens with one attached hydrogen (secondary N) is 2. The SMILES string of the molecule is CNC(=O)C(C)(C)CNS(=O)(=O)c1cc(C)c(C)c(N)c1. The lowest BCUT2D eigenvalue weighted by Gasteiger charge is -2.23. The highest BCUT2D eigenvalue weighted by Gasteiger charge is 2.29. The van der Waals surface area contributed by atoms with Crippen molar-refractivity contribution >= 4 is 21.6 Å². The molecule has 0 unspecified atom stereocenters. The molecule has 0 fully saturated rings. The molecule has 21 heavy (non-hydrogen) atoms. The standard InChI is InChI=1S/C14H23N3O3S/c1-9-6-11(7-12(15)10(9)2)21(19,20)17-8-14(3,4)13(18)16-5/h6-7,17H,8,15H2,1-5H3,(H,16,18). The molecule has 1 amide bonds. The zero-order chi connectivity index (χ0) is 16.4. The Kier molecular flexibility index (Phi) is 5.01. The molecule has 0 saturated carbocycles. The molecule has 118 valence electrons. The summed E-state index contributed by atoms with van der Waals surface area (Å²) in [4.78, 5) is 11.8. The van der Waals surface area contributed by atoms with Gasteiger partial charge in [0.15, 0.2) is 0 Å². The molecule has 0 aromatic heterocycles. The van der Waals surface area contributed by atoms with Gasteiger partial charge < -0.3 is 11.1 Å². The zero-order valence-electron chi connectivity index (χ0n) is 13.1. The fourth-order valence-electron chi connectivity index (χ4n) is 1.79. The van der Waals surface area contributed by atoms with Gasteiger partial charge in [0.1, 0.15) is 0 Å². The zero-order valence-corrected chi connectivity index (χ0v) is 13.9. The van der Waals surface area contributed by atoms with Crippen LogP contribution in [-0.4, -0.2) is 27.9 Å². The summed E-state index contributed by atoms with van der Waals surface area (Å²) in [6, 6.07) is 3.00. The summed E-state index contributed by atoms with van der Waals surface area (Å²) >= 11 is 0. The van der Waals surface area contributed by atoms with Crippen molar-refractivity contribution in [3.63, 3.8) is 0 Å². The van der Waals surface area contributed by atoms with E-state index < -0.39 is 15.4 Å². The summed E-state index contributed by atoms with van der Waals surface area (Å²) < 4.78 is 27.1. The van der Waals surface area contributed by atoms with Gasteiger partial charge in [0.25, 0.3) is 0 Å². The lowest BCUT2D eigenvalue weighted by atomic mass is 9.93. The fourth-order valence-corrected chi connectivity index (χ4v) is 3.12. The molecule has 0 aliphatic heterocycles. The normalized spacial score (nSPS) is 12.2. The minimum atomic E-state index is -3.71. The van der Waals surface area contributed by atoms with Crippen LogP contribution in [0, 0.1) is 19.3 Å². The first-order valence-corrected chi connectivity index (χ1v) is 8.08. The van der Waals surface area contributed by atoms with Gasteiger partial charge in [-0.25, -0.2) is 13.1 Å². The number of carbonyl (C=O) groups excluding carboxylic acids is 1. The van der Waals surface area contributed by atoms with E-state index in [0.717, 1.165) is 11.1 Å². The van der Waals surface area contributed by atoms with Crippen molar-refractivity contribution in [2.75, 3.05) is 19.3 Å². The smallest absolute Gasteiger partial charge is 0.240 e. The Morgan fingerprint density at radius 3 is 2.33 bits per heavy atom. The Morgan fingerprint density at radius 2 is 1.86 bits per heavy atom. The number of hydrogen-bond donors (Lipinski definition) is 3. The molecular weight excluding hydrogens is 290 g/mol. The van der Waals surface area contributed by atoms with E-state index in [1.807, 2.05) is 6.92 Å². The van der Waals surface area contributed by atoms with Crippen molar-refractivity contribution in [3.05, 3.63) is 23.3 Å². The van der Waals surface area contributed by atoms with E-state index in [4.69, 9.17) is 5.73 Å². The first-order valence-electron chi connectivity index (χ1n) is 6.60. The molecule has 1 aromatic rings. The van der Waals surface area contributed by atoms with Crippen molar-refractivity contribution in [2.24, 2.45) is 5.41 Å². The Bertz CT molecular complexity index is 628. The van der Waals surface area contributed by atoms with E-state index in [1.165, 1.54) is 13.1 Å². The van der Waals surface area contributed by atoms with E-state index in [1.54, 1.807) is 26.8 Å². The number of amides is 1. The van der Waals surface area contributed by atoms with Crippen LogP contribution in [0.15, 0.2) is 17.0 Å². The molecular formula is C14H23N3O3S. The molecule has 1 aromatic carbocycles. The molecule has 4 N–H and O–H groups in total. The maximum absolute atomic E-state index is 12.3. The van der Waals surface area contributed by atoms with Crippen molar-refractivity contribution in [3.8, 4) is 0 Å². The van der Waals surface area contributed by atoms with E-state index in [-0.39, 0.29) is 17.3 Å². The summed E-state index contributed by atoms with van der Waals surface area (Å²) in [6.45, 7) is 6.98. The highest BCUT2D eigenvalue weighted by atomic mass is 32.2. The maximum Gasteiger partial charge on any atom is 0.240 e. The van der Waals surface area contributed by atoms with E-state index >= 15 is 0 Å². The minimum absolute atomic E-state index is 0.00182. The van der Waals surface area contributed by atoms with Gasteiger partial charge in [-0.15, -0.1) is 0 Å². The molecule has 0 aliphatic carbocycles. The lowest BCUT2D eigenvalue weighted by molar-refractivity contribution is -0.128. The van der Waals surface area contributed by atoms with Crippen LogP contribution < -0.4 is 15.8 Å². The first-order chi connectivity index (χ1) is 9.51. The topological polar surface area (TPSA) is 101 Å². The summed E-state index contributed by atoms with van der Waals surface area (Å²) in [5.74, 6) is -0.232. The maximum atomic E-state index is 12.3. The van der Waals surface area contributed by atoms with Gasteiger partial charge in [-0.2, -0.15) is 0 Å². The van der Waals surface area contributed by atoms with E-state index in [0.29, 0.717) is 5.69 Å². The van der Waals surface area contributed by atoms with Gasteiger partial charge in [-0.05, 0) is 51.0 Å². The molecule has 0 spiro atoms. The largest absolute Gasteiger partial charge is 0.398 e. The predicted molar refractivity (Wildman–Crippen MR) is 83.4 cm³/mol. The van der Waals surface area contributed by atoms with E-state index in [9.17, 15) is 13.2 Å². The number of anilines is 1. The molecule has 0 radical (unpaired) electrons. The number of sulfonamides is 1. The van der Waals surface area contributed by atoms with Crippen LogP contribution in [0.25, 0.3) is 0 Å². The summed E-state index contributed by atoms with van der Waals surface area (Å²) in [7, 11) is -2.19. The van der Waals surface area contributed by atoms with Gasteiger partial charge in [-0.3, -0.25) is 4.79 Å². The first kappa shape index (κ1) is 17.5. The minimum Gasteiger partial charge on any atom is -0.398 e. The third-order valence-electron chi connectivity index (χ3n) is 3.54. The fraction of sp³-hybridized carbons (Fsp3) is 0.500. The van der Waals surface area contributed by atoms with Crippen LogP contribution in [0.1, 0.15) is 25.0 Å². The Hall–Kier alpha value is -1.60. The number of aryl methyl sites for hydroxylation is 1.